The fraction of sp³-hybridized carbons (Fsp3) is 0.176. The van der Waals surface area contributed by atoms with E-state index in [2.05, 4.69) is 4.99 Å². The standard InChI is InChI=1S/C17H15ClN2O2/c1-17(19-13-21)10-5-6-14(9-11-17)12-20(16(18)22)15-7-3-2-4-8-15/h2-11H,12H2,1H3. The molecule has 0 heterocycles. The zero-order valence-electron chi connectivity index (χ0n) is 12.1. The third kappa shape index (κ3) is 4.04. The van der Waals surface area contributed by atoms with Gasteiger partial charge in [0, 0.05) is 5.69 Å². The van der Waals surface area contributed by atoms with E-state index in [0.717, 1.165) is 11.3 Å². The number of allylic oxidation sites excluding steroid dienone is 2. The summed E-state index contributed by atoms with van der Waals surface area (Å²) in [5.74, 6) is 0. The topological polar surface area (TPSA) is 49.7 Å². The molecular formula is C17H15ClN2O2. The molecule has 1 unspecified atom stereocenters. The summed E-state index contributed by atoms with van der Waals surface area (Å²) in [5.41, 5.74) is 0.875. The molecule has 1 aliphatic rings. The monoisotopic (exact) mass is 314 g/mol. The Balaban J connectivity index is 2.22. The van der Waals surface area contributed by atoms with Crippen molar-refractivity contribution in [2.75, 3.05) is 11.4 Å². The first kappa shape index (κ1) is 16.0. The van der Waals surface area contributed by atoms with Crippen LogP contribution in [-0.4, -0.2) is 23.5 Å². The van der Waals surface area contributed by atoms with E-state index in [4.69, 9.17) is 11.6 Å². The number of hydrogen-bond acceptors (Lipinski definition) is 3. The van der Waals surface area contributed by atoms with Gasteiger partial charge in [0.1, 0.15) is 5.54 Å². The lowest BCUT2D eigenvalue weighted by Gasteiger charge is -2.20. The van der Waals surface area contributed by atoms with Crippen molar-refractivity contribution in [3.05, 3.63) is 66.3 Å². The number of carbonyl (C=O) groups is 1. The van der Waals surface area contributed by atoms with Crippen molar-refractivity contribution in [2.45, 2.75) is 12.5 Å². The molecule has 0 aliphatic heterocycles. The summed E-state index contributed by atoms with van der Waals surface area (Å²) in [4.78, 5) is 27.4. The van der Waals surface area contributed by atoms with Crippen LogP contribution in [0.5, 0.6) is 0 Å². The summed E-state index contributed by atoms with van der Waals surface area (Å²) in [6.07, 6.45) is 10.6. The van der Waals surface area contributed by atoms with E-state index in [9.17, 15) is 9.59 Å². The molecular weight excluding hydrogens is 300 g/mol. The first-order chi connectivity index (χ1) is 10.5. The zero-order valence-corrected chi connectivity index (χ0v) is 12.8. The highest BCUT2D eigenvalue weighted by atomic mass is 35.5. The molecule has 0 spiro atoms. The normalized spacial score (nSPS) is 19.8. The molecule has 5 heteroatoms. The number of carbonyl (C=O) groups excluding carboxylic acids is 2. The lowest BCUT2D eigenvalue weighted by atomic mass is 10.0. The van der Waals surface area contributed by atoms with Gasteiger partial charge in [0.05, 0.1) is 6.54 Å². The Morgan fingerprint density at radius 1 is 1.32 bits per heavy atom. The van der Waals surface area contributed by atoms with Crippen LogP contribution in [0, 0.1) is 0 Å². The predicted molar refractivity (Wildman–Crippen MR) is 87.9 cm³/mol. The largest absolute Gasteiger partial charge is 0.321 e. The number of nitrogens with zero attached hydrogens (tertiary/aromatic N) is 2. The Hall–Kier alpha value is -2.42. The number of rotatable bonds is 4. The molecule has 0 saturated carbocycles. The number of aliphatic imine (C=N–C) groups is 1. The number of para-hydroxylation sites is 1. The lowest BCUT2D eigenvalue weighted by molar-refractivity contribution is 0.264. The second-order valence-electron chi connectivity index (χ2n) is 5.04. The lowest BCUT2D eigenvalue weighted by Crippen LogP contribution is -2.27. The molecule has 4 nitrogen and oxygen atoms in total. The molecule has 0 fully saturated rings. The molecule has 0 saturated heterocycles. The highest BCUT2D eigenvalue weighted by Crippen LogP contribution is 2.22. The van der Waals surface area contributed by atoms with Gasteiger partial charge in [-0.2, -0.15) is 4.99 Å². The van der Waals surface area contributed by atoms with E-state index in [-0.39, 0.29) is 0 Å². The van der Waals surface area contributed by atoms with E-state index in [1.165, 1.54) is 4.90 Å². The number of benzene rings is 1. The van der Waals surface area contributed by atoms with Gasteiger partial charge in [-0.1, -0.05) is 48.6 Å². The maximum atomic E-state index is 11.7. The fourth-order valence-corrected chi connectivity index (χ4v) is 2.23. The molecule has 1 aromatic rings. The van der Waals surface area contributed by atoms with Crippen molar-refractivity contribution in [3.63, 3.8) is 0 Å². The summed E-state index contributed by atoms with van der Waals surface area (Å²) >= 11 is 5.69. The second kappa shape index (κ2) is 7.03. The van der Waals surface area contributed by atoms with E-state index >= 15 is 0 Å². The molecule has 1 amide bonds. The maximum absolute atomic E-state index is 11.7. The van der Waals surface area contributed by atoms with E-state index in [1.807, 2.05) is 42.5 Å². The summed E-state index contributed by atoms with van der Waals surface area (Å²) in [5, 5.41) is -0.553. The average molecular weight is 315 g/mol. The fourth-order valence-electron chi connectivity index (χ4n) is 2.08. The number of isocyanates is 1. The van der Waals surface area contributed by atoms with E-state index in [0.29, 0.717) is 6.54 Å². The van der Waals surface area contributed by atoms with Crippen molar-refractivity contribution in [3.8, 4) is 0 Å². The van der Waals surface area contributed by atoms with Crippen LogP contribution in [0.4, 0.5) is 10.5 Å². The van der Waals surface area contributed by atoms with Gasteiger partial charge in [-0.3, -0.25) is 9.69 Å². The Morgan fingerprint density at radius 3 is 2.68 bits per heavy atom. The Kier molecular flexibility index (Phi) is 5.10. The second-order valence-corrected chi connectivity index (χ2v) is 5.36. The van der Waals surface area contributed by atoms with Crippen molar-refractivity contribution in [2.24, 2.45) is 4.99 Å². The molecule has 0 N–H and O–H groups in total. The van der Waals surface area contributed by atoms with Crippen LogP contribution in [0.2, 0.25) is 0 Å². The van der Waals surface area contributed by atoms with Crippen LogP contribution < -0.4 is 4.90 Å². The van der Waals surface area contributed by atoms with Crippen LogP contribution in [0.1, 0.15) is 6.92 Å². The maximum Gasteiger partial charge on any atom is 0.321 e. The van der Waals surface area contributed by atoms with Gasteiger partial charge in [0.2, 0.25) is 6.08 Å². The van der Waals surface area contributed by atoms with Crippen molar-refractivity contribution >= 4 is 28.7 Å². The Bertz CT molecular complexity index is 688. The molecule has 1 atom stereocenters. The number of hydrogen-bond donors (Lipinski definition) is 0. The van der Waals surface area contributed by atoms with Gasteiger partial charge in [0.15, 0.2) is 0 Å². The first-order valence-electron chi connectivity index (χ1n) is 6.73. The van der Waals surface area contributed by atoms with Gasteiger partial charge in [-0.25, -0.2) is 4.79 Å². The van der Waals surface area contributed by atoms with Gasteiger partial charge in [-0.15, -0.1) is 0 Å². The summed E-state index contributed by atoms with van der Waals surface area (Å²) in [6.45, 7) is 2.12. The minimum absolute atomic E-state index is 0.327. The molecule has 0 radical (unpaired) electrons. The third-order valence-electron chi connectivity index (χ3n) is 3.29. The van der Waals surface area contributed by atoms with Crippen LogP contribution in [0.25, 0.3) is 0 Å². The molecule has 1 aliphatic carbocycles. The highest BCUT2D eigenvalue weighted by molar-refractivity contribution is 6.66. The minimum atomic E-state index is -0.720. The highest BCUT2D eigenvalue weighted by Gasteiger charge is 2.19. The summed E-state index contributed by atoms with van der Waals surface area (Å²) in [7, 11) is 0. The quantitative estimate of drug-likeness (QED) is 0.365. The van der Waals surface area contributed by atoms with Gasteiger partial charge in [0.25, 0.3) is 0 Å². The number of halogens is 1. The molecule has 0 bridgehead atoms. The van der Waals surface area contributed by atoms with E-state index < -0.39 is 10.9 Å². The molecule has 22 heavy (non-hydrogen) atoms. The van der Waals surface area contributed by atoms with Crippen LogP contribution in [0.3, 0.4) is 0 Å². The van der Waals surface area contributed by atoms with Crippen molar-refractivity contribution < 1.29 is 9.59 Å². The van der Waals surface area contributed by atoms with Crippen LogP contribution in [-0.2, 0) is 4.79 Å². The summed E-state index contributed by atoms with van der Waals surface area (Å²) in [6, 6.07) is 9.19. The molecule has 0 aromatic heterocycles. The predicted octanol–water partition coefficient (Wildman–Crippen LogP) is 4.00. The first-order valence-corrected chi connectivity index (χ1v) is 7.10. The smallest absolute Gasteiger partial charge is 0.295 e. The number of anilines is 1. The third-order valence-corrected chi connectivity index (χ3v) is 3.49. The van der Waals surface area contributed by atoms with Gasteiger partial charge < -0.3 is 0 Å². The van der Waals surface area contributed by atoms with Crippen molar-refractivity contribution in [1.29, 1.82) is 0 Å². The van der Waals surface area contributed by atoms with Gasteiger partial charge >= 0.3 is 5.37 Å². The minimum Gasteiger partial charge on any atom is -0.295 e. The Morgan fingerprint density at radius 2 is 2.05 bits per heavy atom. The summed E-state index contributed by atoms with van der Waals surface area (Å²) < 4.78 is 0. The molecule has 1 aromatic carbocycles. The van der Waals surface area contributed by atoms with Crippen LogP contribution in [0.15, 0.2) is 71.3 Å². The van der Waals surface area contributed by atoms with Crippen molar-refractivity contribution in [1.82, 2.24) is 0 Å². The van der Waals surface area contributed by atoms with E-state index in [1.54, 1.807) is 31.2 Å². The van der Waals surface area contributed by atoms with Crippen LogP contribution >= 0.6 is 11.6 Å². The number of amides is 1. The SMILES string of the molecule is CC1(N=C=O)C=CC=C(CN(C(=O)Cl)c2ccccc2)C=C1. The zero-order chi connectivity index (χ0) is 16.0. The van der Waals surface area contributed by atoms with Gasteiger partial charge in [-0.05, 0) is 36.2 Å². The molecule has 2 rings (SSSR count). The average Bonchev–Trinajstić information content (AvgIpc) is 2.68. The Labute approximate surface area is 134 Å². The molecule has 112 valence electrons.